The number of nitro groups is 1. The van der Waals surface area contributed by atoms with Crippen LogP contribution >= 0.6 is 0 Å². The van der Waals surface area contributed by atoms with E-state index in [-0.39, 0.29) is 6.61 Å². The molecule has 1 N–H and O–H groups in total. The molecule has 1 aliphatic rings. The lowest BCUT2D eigenvalue weighted by Gasteiger charge is -2.33. The Balaban J connectivity index is 1.18. The number of nitro benzene ring substituents is 1. The second kappa shape index (κ2) is 9.77. The highest BCUT2D eigenvalue weighted by Crippen LogP contribution is 2.25. The monoisotopic (exact) mass is 461 g/mol. The van der Waals surface area contributed by atoms with Crippen LogP contribution in [0.25, 0.3) is 11.1 Å². The van der Waals surface area contributed by atoms with Gasteiger partial charge in [0.1, 0.15) is 11.2 Å². The van der Waals surface area contributed by atoms with Crippen LogP contribution < -0.4 is 10.2 Å². The third-order valence-electron chi connectivity index (χ3n) is 5.24. The summed E-state index contributed by atoms with van der Waals surface area (Å²) in [4.78, 5) is 30.3. The van der Waals surface area contributed by atoms with Crippen molar-refractivity contribution in [2.45, 2.75) is 6.42 Å². The van der Waals surface area contributed by atoms with Crippen LogP contribution in [0.2, 0.25) is 0 Å². The number of halogens is 2. The van der Waals surface area contributed by atoms with Crippen LogP contribution in [0.15, 0.2) is 40.8 Å². The summed E-state index contributed by atoms with van der Waals surface area (Å²) in [5, 5.41) is 12.6. The number of hydrogen-bond donors (Lipinski definition) is 1. The number of anilines is 2. The molecule has 1 saturated heterocycles. The molecule has 1 aliphatic heterocycles. The van der Waals surface area contributed by atoms with Crippen molar-refractivity contribution in [1.29, 1.82) is 0 Å². The third-order valence-corrected chi connectivity index (χ3v) is 5.24. The van der Waals surface area contributed by atoms with E-state index in [0.29, 0.717) is 31.1 Å². The summed E-state index contributed by atoms with van der Waals surface area (Å²) >= 11 is 0. The number of nitrogens with one attached hydrogen (secondary N) is 1. The fraction of sp³-hybridized carbons (Fsp3) is 0.333. The van der Waals surface area contributed by atoms with Crippen LogP contribution in [0, 0.1) is 21.7 Å². The van der Waals surface area contributed by atoms with Crippen molar-refractivity contribution >= 4 is 34.6 Å². The highest BCUT2D eigenvalue weighted by molar-refractivity contribution is 5.85. The van der Waals surface area contributed by atoms with Crippen LogP contribution in [0.4, 0.5) is 31.0 Å². The average molecular weight is 461 g/mol. The lowest BCUT2D eigenvalue weighted by Crippen LogP contribution is -2.46. The first-order valence-corrected chi connectivity index (χ1v) is 10.3. The van der Waals surface area contributed by atoms with E-state index in [2.05, 4.69) is 14.8 Å². The highest BCUT2D eigenvalue weighted by atomic mass is 19.1. The van der Waals surface area contributed by atoms with E-state index < -0.39 is 34.0 Å². The Kier molecular flexibility index (Phi) is 6.63. The highest BCUT2D eigenvalue weighted by Gasteiger charge is 2.22. The molecule has 0 aliphatic carbocycles. The number of oxazole rings is 1. The minimum atomic E-state index is -1.25. The first-order chi connectivity index (χ1) is 15.9. The van der Waals surface area contributed by atoms with Crippen molar-refractivity contribution in [3.63, 3.8) is 0 Å². The molecule has 2 aromatic carbocycles. The van der Waals surface area contributed by atoms with Gasteiger partial charge in [-0.3, -0.25) is 20.3 Å². The Bertz CT molecular complexity index is 1110. The maximum Gasteiger partial charge on any atom is 0.411 e. The number of aromatic nitrogens is 1. The molecule has 10 nitrogen and oxygen atoms in total. The number of hydrogen-bond acceptors (Lipinski definition) is 8. The SMILES string of the molecule is O=C(Nc1c(F)cc([N+](=O)[O-])cc1F)OCCCN1CCN(c2nc3ccccc3o2)CC1. The summed E-state index contributed by atoms with van der Waals surface area (Å²) in [5.74, 6) is -2.51. The fourth-order valence-corrected chi connectivity index (χ4v) is 3.53. The largest absolute Gasteiger partial charge is 0.449 e. The first-order valence-electron chi connectivity index (χ1n) is 10.3. The molecule has 0 atom stereocenters. The van der Waals surface area contributed by atoms with Crippen molar-refractivity contribution in [1.82, 2.24) is 9.88 Å². The lowest BCUT2D eigenvalue weighted by atomic mass is 10.2. The molecule has 174 valence electrons. The first kappa shape index (κ1) is 22.4. The standard InChI is InChI=1S/C21H21F2N5O5/c22-15-12-14(28(30)31)13-16(23)19(15)25-21(29)32-11-3-6-26-7-9-27(10-8-26)20-24-17-4-1-2-5-18(17)33-20/h1-2,4-5,12-13H,3,6-11H2,(H,25,29). The number of nitrogens with zero attached hydrogens (tertiary/aromatic N) is 4. The van der Waals surface area contributed by atoms with E-state index in [0.717, 1.165) is 37.3 Å². The molecule has 0 saturated carbocycles. The Morgan fingerprint density at radius 1 is 1.18 bits per heavy atom. The number of carbonyl (C=O) groups is 1. The summed E-state index contributed by atoms with van der Waals surface area (Å²) in [6.07, 6.45) is -0.510. The van der Waals surface area contributed by atoms with Gasteiger partial charge in [-0.15, -0.1) is 0 Å². The van der Waals surface area contributed by atoms with E-state index in [1.807, 2.05) is 29.6 Å². The molecule has 1 aromatic heterocycles. The number of ether oxygens (including phenoxy) is 1. The van der Waals surface area contributed by atoms with Crippen LogP contribution in [0.3, 0.4) is 0 Å². The Morgan fingerprint density at radius 3 is 2.55 bits per heavy atom. The summed E-state index contributed by atoms with van der Waals surface area (Å²) < 4.78 is 38.4. The number of piperazine rings is 1. The van der Waals surface area contributed by atoms with Gasteiger partial charge in [-0.2, -0.15) is 4.98 Å². The number of para-hydroxylation sites is 2. The molecule has 1 amide bonds. The zero-order valence-electron chi connectivity index (χ0n) is 17.5. The zero-order valence-corrected chi connectivity index (χ0v) is 17.5. The molecule has 3 aromatic rings. The smallest absolute Gasteiger partial charge is 0.411 e. The van der Waals surface area contributed by atoms with E-state index in [1.54, 1.807) is 0 Å². The van der Waals surface area contributed by atoms with Gasteiger partial charge in [0.15, 0.2) is 17.2 Å². The number of benzene rings is 2. The van der Waals surface area contributed by atoms with Crippen LogP contribution in [-0.2, 0) is 4.74 Å². The van der Waals surface area contributed by atoms with Gasteiger partial charge >= 0.3 is 6.09 Å². The third kappa shape index (κ3) is 5.34. The van der Waals surface area contributed by atoms with E-state index >= 15 is 0 Å². The Hall–Kier alpha value is -3.80. The van der Waals surface area contributed by atoms with Gasteiger partial charge in [0.05, 0.1) is 23.7 Å². The fourth-order valence-electron chi connectivity index (χ4n) is 3.53. The molecule has 2 heterocycles. The van der Waals surface area contributed by atoms with Crippen LogP contribution in [-0.4, -0.2) is 60.2 Å². The topological polar surface area (TPSA) is 114 Å². The molecular weight excluding hydrogens is 440 g/mol. The van der Waals surface area contributed by atoms with E-state index in [1.165, 1.54) is 0 Å². The number of amides is 1. The molecule has 1 fully saturated rings. The van der Waals surface area contributed by atoms with Gasteiger partial charge in [-0.1, -0.05) is 12.1 Å². The molecule has 0 unspecified atom stereocenters. The molecular formula is C21H21F2N5O5. The van der Waals surface area contributed by atoms with Gasteiger partial charge in [0.25, 0.3) is 11.7 Å². The van der Waals surface area contributed by atoms with Crippen molar-refractivity contribution in [3.05, 3.63) is 58.1 Å². The zero-order chi connectivity index (χ0) is 23.4. The second-order valence-electron chi connectivity index (χ2n) is 7.45. The maximum atomic E-state index is 13.8. The minimum Gasteiger partial charge on any atom is -0.449 e. The number of fused-ring (bicyclic) bond motifs is 1. The maximum absolute atomic E-state index is 13.8. The predicted molar refractivity (Wildman–Crippen MR) is 115 cm³/mol. The van der Waals surface area contributed by atoms with Crippen molar-refractivity contribution in [3.8, 4) is 0 Å². The number of carbonyl (C=O) groups excluding carboxylic acids is 1. The molecule has 12 heteroatoms. The number of rotatable bonds is 7. The summed E-state index contributed by atoms with van der Waals surface area (Å²) in [5.41, 5.74) is 0.0266. The van der Waals surface area contributed by atoms with Gasteiger partial charge in [0, 0.05) is 32.7 Å². The van der Waals surface area contributed by atoms with Crippen molar-refractivity contribution < 1.29 is 27.7 Å². The summed E-state index contributed by atoms with van der Waals surface area (Å²) in [7, 11) is 0. The summed E-state index contributed by atoms with van der Waals surface area (Å²) in [6.45, 7) is 3.77. The quantitative estimate of drug-likeness (QED) is 0.321. The Labute approximate surface area is 186 Å². The lowest BCUT2D eigenvalue weighted by molar-refractivity contribution is -0.385. The van der Waals surface area contributed by atoms with E-state index in [9.17, 15) is 23.7 Å². The predicted octanol–water partition coefficient (Wildman–Crippen LogP) is 3.78. The molecule has 4 rings (SSSR count). The van der Waals surface area contributed by atoms with Crippen LogP contribution in [0.1, 0.15) is 6.42 Å². The average Bonchev–Trinajstić information content (AvgIpc) is 3.23. The van der Waals surface area contributed by atoms with Gasteiger partial charge in [-0.05, 0) is 18.6 Å². The summed E-state index contributed by atoms with van der Waals surface area (Å²) in [6, 6.07) is 9.24. The van der Waals surface area contributed by atoms with Crippen LogP contribution in [0.5, 0.6) is 0 Å². The molecule has 33 heavy (non-hydrogen) atoms. The molecule has 0 radical (unpaired) electrons. The van der Waals surface area contributed by atoms with Gasteiger partial charge < -0.3 is 14.1 Å². The minimum absolute atomic E-state index is 0.0490. The van der Waals surface area contributed by atoms with Crippen molar-refractivity contribution in [2.24, 2.45) is 0 Å². The number of non-ortho nitro benzene ring substituents is 1. The van der Waals surface area contributed by atoms with Gasteiger partial charge in [-0.25, -0.2) is 13.6 Å². The van der Waals surface area contributed by atoms with E-state index in [4.69, 9.17) is 9.15 Å². The molecule has 0 bridgehead atoms. The Morgan fingerprint density at radius 2 is 1.88 bits per heavy atom. The second-order valence-corrected chi connectivity index (χ2v) is 7.45. The van der Waals surface area contributed by atoms with Crippen molar-refractivity contribution in [2.75, 3.05) is 49.5 Å². The molecule has 0 spiro atoms. The normalized spacial score (nSPS) is 14.4. The van der Waals surface area contributed by atoms with Gasteiger partial charge in [0.2, 0.25) is 0 Å².